The van der Waals surface area contributed by atoms with Gasteiger partial charge in [-0.3, -0.25) is 9.48 Å². The molecular formula is C39H31ClF10N7O5S2-. The number of aromatic nitrogens is 5. The highest BCUT2D eigenvalue weighted by Gasteiger charge is 2.68. The van der Waals surface area contributed by atoms with Crippen LogP contribution in [0.4, 0.5) is 49.7 Å². The zero-order valence-corrected chi connectivity index (χ0v) is 35.7. The zero-order valence-electron chi connectivity index (χ0n) is 33.3. The van der Waals surface area contributed by atoms with Crippen molar-refractivity contribution in [1.82, 2.24) is 29.9 Å². The smallest absolute Gasteiger partial charge is 0.373 e. The summed E-state index contributed by atoms with van der Waals surface area (Å²) in [6, 6.07) is 5.17. The second-order valence-corrected chi connectivity index (χ2v) is 20.5. The number of halogens is 11. The molecule has 2 aromatic carbocycles. The molecule has 3 atom stereocenters. The Hall–Kier alpha value is -5.41. The maximum absolute atomic E-state index is 15.5. The van der Waals surface area contributed by atoms with Crippen molar-refractivity contribution in [2.45, 2.75) is 74.8 Å². The monoisotopic (exact) mass is 966 g/mol. The highest BCUT2D eigenvalue weighted by Crippen LogP contribution is 2.68. The molecule has 2 aliphatic carbocycles. The van der Waals surface area contributed by atoms with E-state index in [1.165, 1.54) is 32.0 Å². The Morgan fingerprint density at radius 2 is 1.61 bits per heavy atom. The number of hydrogen-bond donors (Lipinski definition) is 1. The topological polar surface area (TPSA) is 160 Å². The van der Waals surface area contributed by atoms with E-state index in [-0.39, 0.29) is 44.2 Å². The van der Waals surface area contributed by atoms with E-state index in [2.05, 4.69) is 37.1 Å². The third kappa shape index (κ3) is 9.24. The van der Waals surface area contributed by atoms with E-state index >= 15 is 8.78 Å². The molecule has 3 heterocycles. The largest absolute Gasteiger partial charge is 0.435 e. The lowest BCUT2D eigenvalue weighted by Gasteiger charge is -2.24. The third-order valence-electron chi connectivity index (χ3n) is 10.6. The van der Waals surface area contributed by atoms with Gasteiger partial charge in [0.15, 0.2) is 25.6 Å². The Morgan fingerprint density at radius 1 is 0.969 bits per heavy atom. The summed E-state index contributed by atoms with van der Waals surface area (Å²) in [5.41, 5.74) is -5.26. The number of fused-ring (bicyclic) bond motifs is 4. The SMILES string of the molecule is CC(C)(C#Cc1ccc(-c2ccc(Cl)c3c([N-]S(C)(=O)=O)nn(CC(F)(F)F)c23)c([C@@H](Cc2cc(F)cc(F)c2)NC(=O)Cn2nc(C(F)(F)F)c3c2C(F)(F)[C@H]2C[C@@H]32)n1)S(C)(=O)=O. The van der Waals surface area contributed by atoms with E-state index in [1.54, 1.807) is 0 Å². The molecular weight excluding hydrogens is 936 g/mol. The predicted molar refractivity (Wildman–Crippen MR) is 211 cm³/mol. The van der Waals surface area contributed by atoms with E-state index < -0.39 is 131 Å². The molecule has 64 heavy (non-hydrogen) atoms. The fraction of sp³-hybridized carbons (Fsp3) is 0.385. The molecule has 1 amide bonds. The second-order valence-electron chi connectivity index (χ2n) is 15.8. The van der Waals surface area contributed by atoms with Gasteiger partial charge in [0.05, 0.1) is 17.3 Å². The molecule has 25 heteroatoms. The molecule has 0 saturated heterocycles. The zero-order chi connectivity index (χ0) is 47.3. The highest BCUT2D eigenvalue weighted by molar-refractivity contribution is 7.93. The van der Waals surface area contributed by atoms with Gasteiger partial charge >= 0.3 is 12.4 Å². The van der Waals surface area contributed by atoms with Crippen LogP contribution in [0.1, 0.15) is 66.1 Å². The molecule has 12 nitrogen and oxygen atoms in total. The average Bonchev–Trinajstić information content (AvgIpc) is 3.66. The van der Waals surface area contributed by atoms with Gasteiger partial charge in [-0.05, 0) is 80.2 Å². The minimum atomic E-state index is -5.19. The van der Waals surface area contributed by atoms with Crippen LogP contribution in [0.2, 0.25) is 5.02 Å². The minimum absolute atomic E-state index is 0.200. The maximum Gasteiger partial charge on any atom is 0.435 e. The molecule has 1 saturated carbocycles. The van der Waals surface area contributed by atoms with Crippen molar-refractivity contribution in [1.29, 1.82) is 0 Å². The lowest BCUT2D eigenvalue weighted by Crippen LogP contribution is -2.35. The Kier molecular flexibility index (Phi) is 11.4. The summed E-state index contributed by atoms with van der Waals surface area (Å²) in [4.78, 5) is 18.5. The van der Waals surface area contributed by atoms with Crippen molar-refractivity contribution >= 4 is 54.1 Å². The van der Waals surface area contributed by atoms with Gasteiger partial charge in [0.25, 0.3) is 5.92 Å². The van der Waals surface area contributed by atoms with Crippen LogP contribution >= 0.6 is 11.6 Å². The number of sulfone groups is 1. The fourth-order valence-corrected chi connectivity index (χ4v) is 8.39. The quantitative estimate of drug-likeness (QED) is 0.102. The van der Waals surface area contributed by atoms with Crippen LogP contribution in [0.3, 0.4) is 0 Å². The molecule has 0 spiro atoms. The first-order valence-electron chi connectivity index (χ1n) is 18.6. The first-order valence-corrected chi connectivity index (χ1v) is 22.7. The molecule has 0 unspecified atom stereocenters. The summed E-state index contributed by atoms with van der Waals surface area (Å²) < 4.78 is 197. The summed E-state index contributed by atoms with van der Waals surface area (Å²) in [7, 11) is -8.19. The van der Waals surface area contributed by atoms with Crippen LogP contribution in [0, 0.1) is 29.4 Å². The molecule has 3 aromatic heterocycles. The number of rotatable bonds is 11. The Bertz CT molecular complexity index is 3030. The lowest BCUT2D eigenvalue weighted by atomic mass is 9.93. The van der Waals surface area contributed by atoms with Gasteiger partial charge in [0.2, 0.25) is 5.91 Å². The van der Waals surface area contributed by atoms with Crippen molar-refractivity contribution in [3.05, 3.63) is 97.7 Å². The molecule has 1 fully saturated rings. The minimum Gasteiger partial charge on any atom is -0.373 e. The van der Waals surface area contributed by atoms with Crippen LogP contribution < -0.4 is 5.32 Å². The standard InChI is InChI=1S/C39H32ClF10N7O5S2/c1-36(2,63(3,59)60)10-9-21-5-6-22(23-7-8-26(40)30-32(23)57(17-37(43,44)45)54-35(30)55-64(4,61)62)31(51-21)27(13-18-11-19(41)14-20(42)12-18)52-28(58)16-56-34-29(33(53-56)39(48,49)50)24-15-25(24)38(34,46)47/h5-8,11-12,14,24-25,27H,13,15-17H2,1-4H3,(H2,52,54,55,58)/p-1/t24-,25+,27-/m1/s1. The number of alkyl halides is 8. The molecule has 5 aromatic rings. The van der Waals surface area contributed by atoms with Crippen molar-refractivity contribution in [3.63, 3.8) is 0 Å². The molecule has 0 bridgehead atoms. The van der Waals surface area contributed by atoms with E-state index in [0.29, 0.717) is 17.0 Å². The summed E-state index contributed by atoms with van der Waals surface area (Å²) in [5, 5.41) is 8.86. The van der Waals surface area contributed by atoms with Crippen molar-refractivity contribution in [3.8, 4) is 23.0 Å². The van der Waals surface area contributed by atoms with E-state index in [9.17, 15) is 56.8 Å². The molecule has 7 rings (SSSR count). The first-order chi connectivity index (χ1) is 29.3. The molecule has 342 valence electrons. The predicted octanol–water partition coefficient (Wildman–Crippen LogP) is 8.26. The number of sulfonamides is 1. The summed E-state index contributed by atoms with van der Waals surface area (Å²) in [5.74, 6) is -5.58. The molecule has 0 aliphatic heterocycles. The Morgan fingerprint density at radius 3 is 2.20 bits per heavy atom. The summed E-state index contributed by atoms with van der Waals surface area (Å²) in [6.07, 6.45) is -9.54. The number of nitrogens with zero attached hydrogens (tertiary/aromatic N) is 6. The van der Waals surface area contributed by atoms with E-state index in [1.807, 2.05) is 0 Å². The average molecular weight is 967 g/mol. The van der Waals surface area contributed by atoms with Gasteiger partial charge in [0.1, 0.15) is 40.9 Å². The number of hydrogen-bond acceptors (Lipinski definition) is 8. The Labute approximate surface area is 362 Å². The number of carbonyl (C=O) groups is 1. The number of nitrogens with one attached hydrogen (secondary N) is 1. The number of pyridine rings is 1. The third-order valence-corrected chi connectivity index (χ3v) is 13.3. The van der Waals surface area contributed by atoms with Crippen LogP contribution in [0.25, 0.3) is 26.8 Å². The van der Waals surface area contributed by atoms with Crippen molar-refractivity contribution in [2.24, 2.45) is 5.92 Å². The second kappa shape index (κ2) is 15.6. The molecule has 0 radical (unpaired) electrons. The van der Waals surface area contributed by atoms with Crippen LogP contribution in [0.5, 0.6) is 0 Å². The van der Waals surface area contributed by atoms with Gasteiger partial charge in [-0.25, -0.2) is 30.6 Å². The normalized spacial score (nSPS) is 17.7. The maximum atomic E-state index is 15.5. The molecule has 2 aliphatic rings. The van der Waals surface area contributed by atoms with Crippen LogP contribution in [-0.2, 0) is 56.3 Å². The van der Waals surface area contributed by atoms with Crippen molar-refractivity contribution in [2.75, 3.05) is 12.5 Å². The van der Waals surface area contributed by atoms with Gasteiger partial charge in [-0.2, -0.15) is 40.2 Å². The molecule has 1 N–H and O–H groups in total. The highest BCUT2D eigenvalue weighted by atomic mass is 35.5. The Balaban J connectivity index is 1.45. The van der Waals surface area contributed by atoms with E-state index in [4.69, 9.17) is 11.6 Å². The van der Waals surface area contributed by atoms with Gasteiger partial charge in [0, 0.05) is 51.6 Å². The van der Waals surface area contributed by atoms with Crippen LogP contribution in [0.15, 0.2) is 42.5 Å². The van der Waals surface area contributed by atoms with E-state index in [0.717, 1.165) is 24.5 Å². The van der Waals surface area contributed by atoms with Gasteiger partial charge in [-0.1, -0.05) is 23.6 Å². The van der Waals surface area contributed by atoms with Gasteiger partial charge < -0.3 is 19.8 Å². The summed E-state index contributed by atoms with van der Waals surface area (Å²) >= 11 is 6.44. The number of amides is 1. The van der Waals surface area contributed by atoms with Crippen molar-refractivity contribution < 1.29 is 65.5 Å². The number of carbonyl (C=O) groups excluding carboxylic acids is 1. The lowest BCUT2D eigenvalue weighted by molar-refractivity contribution is -0.142. The van der Waals surface area contributed by atoms with Gasteiger partial charge in [-0.15, -0.1) is 0 Å². The van der Waals surface area contributed by atoms with Crippen LogP contribution in [-0.4, -0.2) is 70.7 Å². The fourth-order valence-electron chi connectivity index (χ4n) is 7.48. The first kappa shape index (κ1) is 46.6. The number of benzene rings is 2. The summed E-state index contributed by atoms with van der Waals surface area (Å²) in [6.45, 7) is -0.577.